The largest absolute Gasteiger partial charge is 0.394 e. The minimum Gasteiger partial charge on any atom is -0.394 e. The van der Waals surface area contributed by atoms with Gasteiger partial charge < -0.3 is 50.5 Å². The molecule has 1 aliphatic rings. The highest BCUT2D eigenvalue weighted by atomic mass is 16.7. The fourth-order valence-corrected chi connectivity index (χ4v) is 8.99. The van der Waals surface area contributed by atoms with Crippen LogP contribution < -0.4 is 5.32 Å². The topological polar surface area (TPSA) is 189 Å². The average Bonchev–Trinajstić information content (AvgIpc) is 3.37. The molecule has 0 aromatic heterocycles. The molecule has 0 spiro atoms. The van der Waals surface area contributed by atoms with Gasteiger partial charge in [-0.15, -0.1) is 0 Å². The Morgan fingerprint density at radius 1 is 0.493 bits per heavy atom. The summed E-state index contributed by atoms with van der Waals surface area (Å²) in [4.78, 5) is 13.2. The monoisotopic (exact) mass is 1000 g/mol. The van der Waals surface area contributed by atoms with Crippen molar-refractivity contribution >= 4 is 5.91 Å². The molecule has 1 amide bonds. The van der Waals surface area contributed by atoms with Crippen LogP contribution in [0.2, 0.25) is 0 Å². The fourth-order valence-electron chi connectivity index (χ4n) is 8.99. The van der Waals surface area contributed by atoms with Crippen molar-refractivity contribution in [1.82, 2.24) is 5.32 Å². The van der Waals surface area contributed by atoms with Gasteiger partial charge in [-0.25, -0.2) is 0 Å². The van der Waals surface area contributed by atoms with Crippen LogP contribution in [0.3, 0.4) is 0 Å². The Labute approximate surface area is 433 Å². The fraction of sp³-hybridized carbons (Fsp3) is 0.817. The third-order valence-corrected chi connectivity index (χ3v) is 13.8. The van der Waals surface area contributed by atoms with Crippen LogP contribution in [0.1, 0.15) is 245 Å². The molecule has 11 heteroatoms. The van der Waals surface area contributed by atoms with Gasteiger partial charge >= 0.3 is 0 Å². The molecule has 0 radical (unpaired) electrons. The lowest BCUT2D eigenvalue weighted by atomic mass is 9.98. The quantitative estimate of drug-likeness (QED) is 0.0165. The van der Waals surface area contributed by atoms with Crippen molar-refractivity contribution in [3.63, 3.8) is 0 Å². The minimum atomic E-state index is -1.68. The van der Waals surface area contributed by atoms with Crippen molar-refractivity contribution in [2.75, 3.05) is 13.2 Å². The van der Waals surface area contributed by atoms with Gasteiger partial charge in [0.25, 0.3) is 0 Å². The van der Waals surface area contributed by atoms with Crippen LogP contribution in [0.15, 0.2) is 60.8 Å². The van der Waals surface area contributed by atoms with Gasteiger partial charge in [-0.2, -0.15) is 0 Å². The van der Waals surface area contributed by atoms with Crippen LogP contribution >= 0.6 is 0 Å². The lowest BCUT2D eigenvalue weighted by molar-refractivity contribution is -0.303. The number of aliphatic hydroxyl groups is 7. The minimum absolute atomic E-state index is 0.238. The molecule has 1 aliphatic heterocycles. The zero-order chi connectivity index (χ0) is 51.8. The molecular formula is C60H109NO10. The SMILES string of the molecule is CCCCC/C=C\C=C/CCCCCCCCCCCC(O)C(=O)NC(COC1OC(CO)C(O)C(O)C1O)C(O)C(O)CCC/C=C/CC/C=C/CC/C=C/CCCCCCCCCCCCCCC. The highest BCUT2D eigenvalue weighted by Gasteiger charge is 2.44. The van der Waals surface area contributed by atoms with E-state index in [0.29, 0.717) is 19.3 Å². The van der Waals surface area contributed by atoms with Gasteiger partial charge in [-0.3, -0.25) is 4.79 Å². The number of hydrogen-bond donors (Lipinski definition) is 8. The van der Waals surface area contributed by atoms with E-state index in [1.165, 1.54) is 141 Å². The smallest absolute Gasteiger partial charge is 0.249 e. The van der Waals surface area contributed by atoms with Crippen LogP contribution in [0.5, 0.6) is 0 Å². The van der Waals surface area contributed by atoms with Crippen LogP contribution in [0.4, 0.5) is 0 Å². The van der Waals surface area contributed by atoms with E-state index in [-0.39, 0.29) is 12.8 Å². The number of hydrogen-bond acceptors (Lipinski definition) is 10. The molecule has 11 nitrogen and oxygen atoms in total. The van der Waals surface area contributed by atoms with E-state index in [4.69, 9.17) is 9.47 Å². The van der Waals surface area contributed by atoms with Gasteiger partial charge in [0.15, 0.2) is 6.29 Å². The first kappa shape index (κ1) is 66.8. The molecule has 1 rings (SSSR count). The Balaban J connectivity index is 2.36. The van der Waals surface area contributed by atoms with Gasteiger partial charge in [0.1, 0.15) is 36.6 Å². The second-order valence-electron chi connectivity index (χ2n) is 20.4. The Morgan fingerprint density at radius 3 is 1.37 bits per heavy atom. The highest BCUT2D eigenvalue weighted by Crippen LogP contribution is 2.23. The van der Waals surface area contributed by atoms with Gasteiger partial charge in [0.2, 0.25) is 5.91 Å². The van der Waals surface area contributed by atoms with Crippen LogP contribution in [0, 0.1) is 0 Å². The molecule has 0 saturated carbocycles. The van der Waals surface area contributed by atoms with Crippen LogP contribution in [0.25, 0.3) is 0 Å². The van der Waals surface area contributed by atoms with E-state index < -0.39 is 74.2 Å². The number of allylic oxidation sites excluding steroid dienone is 10. The Hall–Kier alpha value is -2.19. The zero-order valence-corrected chi connectivity index (χ0v) is 45.2. The first-order valence-electron chi connectivity index (χ1n) is 29.2. The zero-order valence-electron chi connectivity index (χ0n) is 45.2. The highest BCUT2D eigenvalue weighted by molar-refractivity contribution is 5.80. The molecule has 414 valence electrons. The number of carbonyl (C=O) groups excluding carboxylic acids is 1. The molecule has 1 fully saturated rings. The van der Waals surface area contributed by atoms with E-state index >= 15 is 0 Å². The predicted molar refractivity (Wildman–Crippen MR) is 293 cm³/mol. The summed E-state index contributed by atoms with van der Waals surface area (Å²) in [6.07, 6.45) is 51.3. The summed E-state index contributed by atoms with van der Waals surface area (Å²) in [7, 11) is 0. The number of amides is 1. The third-order valence-electron chi connectivity index (χ3n) is 13.8. The van der Waals surface area contributed by atoms with Gasteiger partial charge in [-0.1, -0.05) is 216 Å². The third kappa shape index (κ3) is 37.2. The van der Waals surface area contributed by atoms with E-state index in [0.717, 1.165) is 57.8 Å². The first-order valence-corrected chi connectivity index (χ1v) is 29.2. The number of unbranched alkanes of at least 4 members (excludes halogenated alkanes) is 28. The summed E-state index contributed by atoms with van der Waals surface area (Å²) in [5.74, 6) is -0.717. The van der Waals surface area contributed by atoms with Crippen molar-refractivity contribution < 1.29 is 50.0 Å². The van der Waals surface area contributed by atoms with Crippen molar-refractivity contribution in [3.05, 3.63) is 60.8 Å². The van der Waals surface area contributed by atoms with Gasteiger partial charge in [-0.05, 0) is 89.9 Å². The maximum Gasteiger partial charge on any atom is 0.249 e. The number of nitrogens with one attached hydrogen (secondary N) is 1. The average molecular weight is 1000 g/mol. The summed E-state index contributed by atoms with van der Waals surface area (Å²) in [6, 6.07) is -1.20. The Morgan fingerprint density at radius 2 is 0.887 bits per heavy atom. The molecule has 71 heavy (non-hydrogen) atoms. The summed E-state index contributed by atoms with van der Waals surface area (Å²) >= 11 is 0. The summed E-state index contributed by atoms with van der Waals surface area (Å²) in [6.45, 7) is 3.41. The molecular weight excluding hydrogens is 895 g/mol. The summed E-state index contributed by atoms with van der Waals surface area (Å²) in [5, 5.41) is 76.1. The molecule has 8 N–H and O–H groups in total. The summed E-state index contributed by atoms with van der Waals surface area (Å²) in [5.41, 5.74) is 0. The standard InChI is InChI=1S/C60H109NO10/c1-3-5-7-9-11-13-15-17-19-21-23-24-25-26-27-28-29-30-32-33-35-37-39-41-43-45-47-52(63)55(65)51(50-70-60-58(68)57(67)56(66)54(49-62)71-60)61-59(69)53(64)48-46-44-42-40-38-36-34-31-22-20-18-16-14-12-10-8-6-4-2/h12,14,16,18,27-28,32-33,39,41,51-58,60,62-68H,3-11,13,15,17,19-26,29-31,34-38,40,42-50H2,1-2H3,(H,61,69)/b14-12-,18-16-,28-27+,33-32+,41-39+. The van der Waals surface area contributed by atoms with E-state index in [1.54, 1.807) is 0 Å². The van der Waals surface area contributed by atoms with Gasteiger partial charge in [0.05, 0.1) is 25.4 Å². The molecule has 0 bridgehead atoms. The molecule has 1 heterocycles. The second-order valence-corrected chi connectivity index (χ2v) is 20.4. The predicted octanol–water partition coefficient (Wildman–Crippen LogP) is 12.2. The molecule has 0 aromatic carbocycles. The molecule has 1 saturated heterocycles. The van der Waals surface area contributed by atoms with E-state index in [2.05, 4.69) is 79.9 Å². The van der Waals surface area contributed by atoms with Crippen molar-refractivity contribution in [2.45, 2.75) is 300 Å². The second kappa shape index (κ2) is 48.7. The maximum atomic E-state index is 13.2. The normalized spacial score (nSPS) is 20.6. The maximum absolute atomic E-state index is 13.2. The first-order chi connectivity index (χ1) is 34.7. The van der Waals surface area contributed by atoms with E-state index in [1.807, 2.05) is 0 Å². The molecule has 0 aromatic rings. The van der Waals surface area contributed by atoms with Crippen LogP contribution in [-0.4, -0.2) is 110 Å². The number of ether oxygens (including phenoxy) is 2. The lowest BCUT2D eigenvalue weighted by Crippen LogP contribution is -2.60. The Bertz CT molecular complexity index is 1340. The lowest BCUT2D eigenvalue weighted by Gasteiger charge is -2.40. The summed E-state index contributed by atoms with van der Waals surface area (Å²) < 4.78 is 11.1. The van der Waals surface area contributed by atoms with Gasteiger partial charge in [0, 0.05) is 0 Å². The number of carbonyl (C=O) groups is 1. The van der Waals surface area contributed by atoms with Crippen molar-refractivity contribution in [3.8, 4) is 0 Å². The number of aliphatic hydroxyl groups excluding tert-OH is 7. The number of rotatable bonds is 49. The molecule has 9 atom stereocenters. The van der Waals surface area contributed by atoms with Crippen LogP contribution in [-0.2, 0) is 14.3 Å². The van der Waals surface area contributed by atoms with Crippen molar-refractivity contribution in [1.29, 1.82) is 0 Å². The van der Waals surface area contributed by atoms with Crippen molar-refractivity contribution in [2.24, 2.45) is 0 Å². The molecule has 0 aliphatic carbocycles. The molecule has 9 unspecified atom stereocenters. The van der Waals surface area contributed by atoms with E-state index in [9.17, 15) is 40.5 Å². The Kier molecular flexibility index (Phi) is 45.9.